The normalized spacial score (nSPS) is 19.3. The Morgan fingerprint density at radius 1 is 0.900 bits per heavy atom. The SMILES string of the molecule is CC.c1cc(N2CCOCC2)cc(N2CCOCC2)n1. The first-order chi connectivity index (χ1) is 9.93. The van der Waals surface area contributed by atoms with E-state index in [1.54, 1.807) is 0 Å². The maximum Gasteiger partial charge on any atom is 0.130 e. The van der Waals surface area contributed by atoms with Crippen molar-refractivity contribution in [2.45, 2.75) is 13.8 Å². The maximum atomic E-state index is 5.38. The van der Waals surface area contributed by atoms with Crippen molar-refractivity contribution < 1.29 is 9.47 Å². The van der Waals surface area contributed by atoms with Crippen LogP contribution in [0.25, 0.3) is 0 Å². The number of hydrogen-bond acceptors (Lipinski definition) is 5. The molecule has 0 radical (unpaired) electrons. The van der Waals surface area contributed by atoms with E-state index in [-0.39, 0.29) is 0 Å². The minimum atomic E-state index is 0.795. The van der Waals surface area contributed by atoms with Gasteiger partial charge in [0.25, 0.3) is 0 Å². The highest BCUT2D eigenvalue weighted by molar-refractivity contribution is 5.55. The summed E-state index contributed by atoms with van der Waals surface area (Å²) in [4.78, 5) is 9.11. The van der Waals surface area contributed by atoms with Crippen molar-refractivity contribution in [1.29, 1.82) is 0 Å². The van der Waals surface area contributed by atoms with E-state index in [1.165, 1.54) is 5.69 Å². The van der Waals surface area contributed by atoms with Crippen molar-refractivity contribution in [3.63, 3.8) is 0 Å². The second-order valence-corrected chi connectivity index (χ2v) is 4.57. The molecule has 1 aromatic rings. The molecule has 5 nitrogen and oxygen atoms in total. The van der Waals surface area contributed by atoms with Gasteiger partial charge in [-0.25, -0.2) is 4.98 Å². The number of ether oxygens (including phenoxy) is 2. The first-order valence-electron chi connectivity index (χ1n) is 7.55. The van der Waals surface area contributed by atoms with Gasteiger partial charge in [0, 0.05) is 44.1 Å². The molecule has 3 heterocycles. The lowest BCUT2D eigenvalue weighted by atomic mass is 10.3. The van der Waals surface area contributed by atoms with Gasteiger partial charge in [-0.05, 0) is 6.07 Å². The summed E-state index contributed by atoms with van der Waals surface area (Å²) in [6.45, 7) is 11.0. The lowest BCUT2D eigenvalue weighted by Gasteiger charge is -2.31. The van der Waals surface area contributed by atoms with Crippen molar-refractivity contribution in [2.75, 3.05) is 62.4 Å². The summed E-state index contributed by atoms with van der Waals surface area (Å²) in [6.07, 6.45) is 1.90. The summed E-state index contributed by atoms with van der Waals surface area (Å²) in [6, 6.07) is 4.26. The first kappa shape index (κ1) is 15.1. The van der Waals surface area contributed by atoms with Crippen LogP contribution in [0.1, 0.15) is 13.8 Å². The fourth-order valence-electron chi connectivity index (χ4n) is 2.39. The number of morpholine rings is 2. The largest absolute Gasteiger partial charge is 0.378 e. The predicted molar refractivity (Wildman–Crippen MR) is 81.6 cm³/mol. The molecule has 2 saturated heterocycles. The summed E-state index contributed by atoms with van der Waals surface area (Å²) in [7, 11) is 0. The zero-order chi connectivity index (χ0) is 14.2. The zero-order valence-electron chi connectivity index (χ0n) is 12.5. The van der Waals surface area contributed by atoms with Gasteiger partial charge in [-0.2, -0.15) is 0 Å². The topological polar surface area (TPSA) is 37.8 Å². The zero-order valence-corrected chi connectivity index (χ0v) is 12.5. The molecule has 20 heavy (non-hydrogen) atoms. The van der Waals surface area contributed by atoms with Gasteiger partial charge in [-0.1, -0.05) is 13.8 Å². The molecule has 0 aliphatic carbocycles. The van der Waals surface area contributed by atoms with Crippen LogP contribution in [0.15, 0.2) is 18.3 Å². The minimum absolute atomic E-state index is 0.795. The molecule has 0 aromatic carbocycles. The van der Waals surface area contributed by atoms with Crippen LogP contribution in [-0.4, -0.2) is 57.6 Å². The molecule has 112 valence electrons. The number of nitrogens with zero attached hydrogens (tertiary/aromatic N) is 3. The lowest BCUT2D eigenvalue weighted by molar-refractivity contribution is 0.122. The van der Waals surface area contributed by atoms with E-state index in [4.69, 9.17) is 9.47 Å². The third-order valence-corrected chi connectivity index (χ3v) is 3.44. The van der Waals surface area contributed by atoms with Gasteiger partial charge < -0.3 is 19.3 Å². The molecule has 2 fully saturated rings. The van der Waals surface area contributed by atoms with E-state index in [9.17, 15) is 0 Å². The molecular formula is C15H25N3O2. The smallest absolute Gasteiger partial charge is 0.130 e. The molecule has 5 heteroatoms. The third kappa shape index (κ3) is 3.84. The molecule has 0 saturated carbocycles. The highest BCUT2D eigenvalue weighted by Crippen LogP contribution is 2.21. The van der Waals surface area contributed by atoms with Gasteiger partial charge in [0.15, 0.2) is 0 Å². The fraction of sp³-hybridized carbons (Fsp3) is 0.667. The summed E-state index contributed by atoms with van der Waals surface area (Å²) in [5.41, 5.74) is 1.25. The van der Waals surface area contributed by atoms with Gasteiger partial charge >= 0.3 is 0 Å². The summed E-state index contributed by atoms with van der Waals surface area (Å²) >= 11 is 0. The van der Waals surface area contributed by atoms with Gasteiger partial charge in [0.2, 0.25) is 0 Å². The van der Waals surface area contributed by atoms with Crippen LogP contribution in [0.5, 0.6) is 0 Å². The molecule has 2 aliphatic rings. The summed E-state index contributed by atoms with van der Waals surface area (Å²) in [5.74, 6) is 1.06. The van der Waals surface area contributed by atoms with Crippen molar-refractivity contribution in [2.24, 2.45) is 0 Å². The fourth-order valence-corrected chi connectivity index (χ4v) is 2.39. The highest BCUT2D eigenvalue weighted by atomic mass is 16.5. The van der Waals surface area contributed by atoms with Crippen LogP contribution in [0.4, 0.5) is 11.5 Å². The van der Waals surface area contributed by atoms with E-state index < -0.39 is 0 Å². The Morgan fingerprint density at radius 3 is 2.05 bits per heavy atom. The Hall–Kier alpha value is -1.33. The average Bonchev–Trinajstić information content (AvgIpc) is 2.58. The molecule has 3 rings (SSSR count). The van der Waals surface area contributed by atoms with Crippen molar-refractivity contribution in [3.05, 3.63) is 18.3 Å². The van der Waals surface area contributed by atoms with Gasteiger partial charge in [-0.3, -0.25) is 0 Å². The van der Waals surface area contributed by atoms with Crippen LogP contribution >= 0.6 is 0 Å². The van der Waals surface area contributed by atoms with E-state index >= 15 is 0 Å². The number of rotatable bonds is 2. The Morgan fingerprint density at radius 2 is 1.45 bits per heavy atom. The molecule has 0 N–H and O–H groups in total. The Kier molecular flexibility index (Phi) is 6.08. The second kappa shape index (κ2) is 8.07. The quantitative estimate of drug-likeness (QED) is 0.825. The van der Waals surface area contributed by atoms with Crippen molar-refractivity contribution in [3.8, 4) is 0 Å². The maximum absolute atomic E-state index is 5.38. The van der Waals surface area contributed by atoms with E-state index in [0.717, 1.165) is 58.4 Å². The average molecular weight is 279 g/mol. The van der Waals surface area contributed by atoms with Gasteiger partial charge in [-0.15, -0.1) is 0 Å². The molecule has 0 spiro atoms. The Balaban J connectivity index is 0.000000704. The standard InChI is InChI=1S/C13H19N3O2.C2H6/c1-2-14-13(16-5-9-18-10-6-16)11-12(1)15-3-7-17-8-4-15;1-2/h1-2,11H,3-10H2;1-2H3. The summed E-state index contributed by atoms with van der Waals surface area (Å²) < 4.78 is 10.8. The van der Waals surface area contributed by atoms with Crippen LogP contribution in [0.3, 0.4) is 0 Å². The minimum Gasteiger partial charge on any atom is -0.378 e. The van der Waals surface area contributed by atoms with E-state index in [0.29, 0.717) is 0 Å². The highest BCUT2D eigenvalue weighted by Gasteiger charge is 2.15. The van der Waals surface area contributed by atoms with E-state index in [1.807, 2.05) is 20.0 Å². The number of anilines is 2. The monoisotopic (exact) mass is 279 g/mol. The molecule has 0 amide bonds. The second-order valence-electron chi connectivity index (χ2n) is 4.57. The van der Waals surface area contributed by atoms with Gasteiger partial charge in [0.1, 0.15) is 5.82 Å². The lowest BCUT2D eigenvalue weighted by Crippen LogP contribution is -2.38. The van der Waals surface area contributed by atoms with E-state index in [2.05, 4.69) is 26.9 Å². The molecule has 0 bridgehead atoms. The molecule has 0 unspecified atom stereocenters. The Labute approximate surface area is 121 Å². The molecular weight excluding hydrogens is 254 g/mol. The number of pyridine rings is 1. The van der Waals surface area contributed by atoms with Crippen LogP contribution in [0, 0.1) is 0 Å². The van der Waals surface area contributed by atoms with Crippen molar-refractivity contribution >= 4 is 11.5 Å². The third-order valence-electron chi connectivity index (χ3n) is 3.44. The van der Waals surface area contributed by atoms with Crippen molar-refractivity contribution in [1.82, 2.24) is 4.98 Å². The van der Waals surface area contributed by atoms with Crippen LogP contribution in [0.2, 0.25) is 0 Å². The Bertz CT molecular complexity index is 355. The first-order valence-corrected chi connectivity index (χ1v) is 7.55. The van der Waals surface area contributed by atoms with Crippen LogP contribution in [-0.2, 0) is 9.47 Å². The molecule has 2 aliphatic heterocycles. The number of aromatic nitrogens is 1. The summed E-state index contributed by atoms with van der Waals surface area (Å²) in [5, 5.41) is 0. The predicted octanol–water partition coefficient (Wildman–Crippen LogP) is 1.78. The van der Waals surface area contributed by atoms with Gasteiger partial charge in [0.05, 0.1) is 26.4 Å². The van der Waals surface area contributed by atoms with Crippen LogP contribution < -0.4 is 9.80 Å². The molecule has 1 aromatic heterocycles. The number of hydrogen-bond donors (Lipinski definition) is 0. The molecule has 0 atom stereocenters.